The number of rotatable bonds is 7. The Bertz CT molecular complexity index is 200. The van der Waals surface area contributed by atoms with Crippen molar-refractivity contribution in [3.05, 3.63) is 0 Å². The lowest BCUT2D eigenvalue weighted by Crippen LogP contribution is -2.40. The van der Waals surface area contributed by atoms with Gasteiger partial charge >= 0.3 is 11.8 Å². The molecule has 0 unspecified atom stereocenters. The van der Waals surface area contributed by atoms with Gasteiger partial charge < -0.3 is 15.7 Å². The van der Waals surface area contributed by atoms with Gasteiger partial charge in [0.05, 0.1) is 0 Å². The molecule has 0 saturated heterocycles. The third-order valence-corrected chi connectivity index (χ3v) is 1.90. The van der Waals surface area contributed by atoms with Crippen molar-refractivity contribution in [3.8, 4) is 0 Å². The largest absolute Gasteiger partial charge is 0.396 e. The molecule has 0 aromatic heterocycles. The molecule has 0 atom stereocenters. The number of hydrogen-bond acceptors (Lipinski definition) is 3. The number of amides is 2. The van der Waals surface area contributed by atoms with Crippen LogP contribution in [0.1, 0.15) is 19.3 Å². The molecule has 0 saturated carbocycles. The molecule has 3 N–H and O–H groups in total. The van der Waals surface area contributed by atoms with Crippen LogP contribution < -0.4 is 10.6 Å². The summed E-state index contributed by atoms with van der Waals surface area (Å²) in [5.41, 5.74) is 0. The van der Waals surface area contributed by atoms with Crippen molar-refractivity contribution in [2.24, 2.45) is 0 Å². The number of carbonyl (C=O) groups is 2. The lowest BCUT2D eigenvalue weighted by atomic mass is 10.2. The number of alkyl halides is 1. The standard InChI is InChI=1S/C9H17ClN2O3/c10-4-6-12-9(15)8(14)11-5-2-1-3-7-13/h13H,1-7H2,(H,11,14)(H,12,15). The highest BCUT2D eigenvalue weighted by Crippen LogP contribution is 1.91. The smallest absolute Gasteiger partial charge is 0.309 e. The molecule has 0 aliphatic carbocycles. The van der Waals surface area contributed by atoms with Gasteiger partial charge in [0.25, 0.3) is 0 Å². The van der Waals surface area contributed by atoms with E-state index in [-0.39, 0.29) is 12.5 Å². The fraction of sp³-hybridized carbons (Fsp3) is 0.778. The number of hydrogen-bond donors (Lipinski definition) is 3. The number of aliphatic hydroxyl groups is 1. The molecule has 0 fully saturated rings. The van der Waals surface area contributed by atoms with E-state index < -0.39 is 11.8 Å². The maximum absolute atomic E-state index is 11.1. The molecule has 6 heteroatoms. The summed E-state index contributed by atoms with van der Waals surface area (Å²) in [4.78, 5) is 22.1. The minimum atomic E-state index is -0.655. The third kappa shape index (κ3) is 8.20. The van der Waals surface area contributed by atoms with Crippen LogP contribution in [0.3, 0.4) is 0 Å². The fourth-order valence-corrected chi connectivity index (χ4v) is 1.03. The zero-order chi connectivity index (χ0) is 11.5. The van der Waals surface area contributed by atoms with E-state index in [2.05, 4.69) is 10.6 Å². The van der Waals surface area contributed by atoms with Gasteiger partial charge in [-0.15, -0.1) is 11.6 Å². The van der Waals surface area contributed by atoms with E-state index in [0.29, 0.717) is 19.5 Å². The average Bonchev–Trinajstić information content (AvgIpc) is 2.25. The molecule has 0 radical (unpaired) electrons. The lowest BCUT2D eigenvalue weighted by Gasteiger charge is -2.04. The third-order valence-electron chi connectivity index (χ3n) is 1.71. The molecule has 15 heavy (non-hydrogen) atoms. The van der Waals surface area contributed by atoms with Crippen LogP contribution in [-0.2, 0) is 9.59 Å². The predicted molar refractivity (Wildman–Crippen MR) is 57.7 cm³/mol. The van der Waals surface area contributed by atoms with E-state index in [1.807, 2.05) is 0 Å². The van der Waals surface area contributed by atoms with Gasteiger partial charge in [-0.2, -0.15) is 0 Å². The monoisotopic (exact) mass is 236 g/mol. The van der Waals surface area contributed by atoms with Crippen LogP contribution in [0.2, 0.25) is 0 Å². The second-order valence-corrected chi connectivity index (χ2v) is 3.36. The SMILES string of the molecule is O=C(NCCCl)C(=O)NCCCCCO. The Kier molecular flexibility index (Phi) is 9.21. The number of nitrogens with one attached hydrogen (secondary N) is 2. The summed E-state index contributed by atoms with van der Waals surface area (Å²) >= 11 is 5.34. The van der Waals surface area contributed by atoms with Crippen LogP contribution in [0.5, 0.6) is 0 Å². The maximum Gasteiger partial charge on any atom is 0.309 e. The summed E-state index contributed by atoms with van der Waals surface area (Å²) in [7, 11) is 0. The maximum atomic E-state index is 11.1. The first-order valence-electron chi connectivity index (χ1n) is 4.95. The predicted octanol–water partition coefficient (Wildman–Crippen LogP) is -0.380. The number of unbranched alkanes of at least 4 members (excludes halogenated alkanes) is 2. The molecular formula is C9H17ClN2O3. The topological polar surface area (TPSA) is 78.4 Å². The van der Waals surface area contributed by atoms with Crippen molar-refractivity contribution < 1.29 is 14.7 Å². The Balaban J connectivity index is 3.43. The van der Waals surface area contributed by atoms with Gasteiger partial charge in [0.2, 0.25) is 0 Å². The summed E-state index contributed by atoms with van der Waals surface area (Å²) in [5.74, 6) is -1.00. The second kappa shape index (κ2) is 9.73. The number of aliphatic hydroxyl groups excluding tert-OH is 1. The van der Waals surface area contributed by atoms with Crippen molar-refractivity contribution in [2.75, 3.05) is 25.6 Å². The first kappa shape index (κ1) is 14.2. The number of carbonyl (C=O) groups excluding carboxylic acids is 2. The minimum Gasteiger partial charge on any atom is -0.396 e. The van der Waals surface area contributed by atoms with Gasteiger partial charge in [0, 0.05) is 25.6 Å². The normalized spacial score (nSPS) is 9.73. The van der Waals surface area contributed by atoms with Gasteiger partial charge in [-0.05, 0) is 19.3 Å². The van der Waals surface area contributed by atoms with E-state index in [0.717, 1.165) is 12.8 Å². The van der Waals surface area contributed by atoms with Crippen LogP contribution in [0.25, 0.3) is 0 Å². The highest BCUT2D eigenvalue weighted by Gasteiger charge is 2.10. The summed E-state index contributed by atoms with van der Waals surface area (Å²) in [6.45, 7) is 0.898. The van der Waals surface area contributed by atoms with Crippen LogP contribution in [0.4, 0.5) is 0 Å². The highest BCUT2D eigenvalue weighted by atomic mass is 35.5. The van der Waals surface area contributed by atoms with E-state index in [9.17, 15) is 9.59 Å². The summed E-state index contributed by atoms with van der Waals surface area (Å²) in [5, 5.41) is 13.3. The highest BCUT2D eigenvalue weighted by molar-refractivity contribution is 6.35. The van der Waals surface area contributed by atoms with Crippen molar-refractivity contribution in [1.29, 1.82) is 0 Å². The van der Waals surface area contributed by atoms with Crippen LogP contribution in [0, 0.1) is 0 Å². The van der Waals surface area contributed by atoms with E-state index in [4.69, 9.17) is 16.7 Å². The molecule has 0 aromatic carbocycles. The minimum absolute atomic E-state index is 0.157. The van der Waals surface area contributed by atoms with Crippen molar-refractivity contribution in [3.63, 3.8) is 0 Å². The van der Waals surface area contributed by atoms with E-state index >= 15 is 0 Å². The molecule has 0 rings (SSSR count). The molecule has 0 aliphatic heterocycles. The summed E-state index contributed by atoms with van der Waals surface area (Å²) in [6.07, 6.45) is 2.31. The van der Waals surface area contributed by atoms with Crippen LogP contribution in [-0.4, -0.2) is 42.5 Å². The quantitative estimate of drug-likeness (QED) is 0.320. The fourth-order valence-electron chi connectivity index (χ4n) is 0.937. The van der Waals surface area contributed by atoms with Crippen molar-refractivity contribution in [1.82, 2.24) is 10.6 Å². The molecular weight excluding hydrogens is 220 g/mol. The molecule has 88 valence electrons. The lowest BCUT2D eigenvalue weighted by molar-refractivity contribution is -0.139. The Hall–Kier alpha value is -0.810. The number of halogens is 1. The Morgan fingerprint density at radius 3 is 2.13 bits per heavy atom. The zero-order valence-electron chi connectivity index (χ0n) is 8.59. The second-order valence-electron chi connectivity index (χ2n) is 2.99. The van der Waals surface area contributed by atoms with Crippen LogP contribution >= 0.6 is 11.6 Å². The van der Waals surface area contributed by atoms with Gasteiger partial charge in [-0.1, -0.05) is 0 Å². The molecule has 0 spiro atoms. The van der Waals surface area contributed by atoms with Gasteiger partial charge in [0.1, 0.15) is 0 Å². The van der Waals surface area contributed by atoms with Crippen molar-refractivity contribution in [2.45, 2.75) is 19.3 Å². The van der Waals surface area contributed by atoms with Gasteiger partial charge in [0.15, 0.2) is 0 Å². The molecule has 2 amide bonds. The molecule has 0 heterocycles. The van der Waals surface area contributed by atoms with E-state index in [1.165, 1.54) is 0 Å². The van der Waals surface area contributed by atoms with Crippen LogP contribution in [0.15, 0.2) is 0 Å². The first-order valence-corrected chi connectivity index (χ1v) is 5.48. The Morgan fingerprint density at radius 2 is 1.60 bits per heavy atom. The Morgan fingerprint density at radius 1 is 1.00 bits per heavy atom. The van der Waals surface area contributed by atoms with Gasteiger partial charge in [-0.3, -0.25) is 9.59 Å². The summed E-state index contributed by atoms with van der Waals surface area (Å²) < 4.78 is 0. The first-order chi connectivity index (χ1) is 7.22. The van der Waals surface area contributed by atoms with Crippen molar-refractivity contribution >= 4 is 23.4 Å². The molecule has 0 aliphatic rings. The van der Waals surface area contributed by atoms with E-state index in [1.54, 1.807) is 0 Å². The zero-order valence-corrected chi connectivity index (χ0v) is 9.35. The molecule has 0 bridgehead atoms. The molecule has 5 nitrogen and oxygen atoms in total. The molecule has 0 aromatic rings. The Labute approximate surface area is 94.2 Å². The summed E-state index contributed by atoms with van der Waals surface area (Å²) in [6, 6.07) is 0. The van der Waals surface area contributed by atoms with Gasteiger partial charge in [-0.25, -0.2) is 0 Å². The average molecular weight is 237 g/mol.